The molecule has 1 fully saturated rings. The largest absolute Gasteiger partial charge is 0.387 e. The summed E-state index contributed by atoms with van der Waals surface area (Å²) in [6.45, 7) is 6.90. The fourth-order valence-electron chi connectivity index (χ4n) is 2.42. The van der Waals surface area contributed by atoms with Gasteiger partial charge in [-0.1, -0.05) is 20.8 Å². The van der Waals surface area contributed by atoms with E-state index in [1.807, 2.05) is 12.1 Å². The van der Waals surface area contributed by atoms with Gasteiger partial charge in [0.15, 0.2) is 0 Å². The molecule has 17 heavy (non-hydrogen) atoms. The van der Waals surface area contributed by atoms with Crippen LogP contribution in [-0.4, -0.2) is 6.04 Å². The van der Waals surface area contributed by atoms with E-state index in [-0.39, 0.29) is 5.57 Å². The number of nitriles is 2. The smallest absolute Gasteiger partial charge is 0.145 e. The van der Waals surface area contributed by atoms with E-state index in [9.17, 15) is 0 Å². The molecule has 0 atom stereocenters. The lowest BCUT2D eigenvalue weighted by molar-refractivity contribution is 0.164. The molecule has 0 aromatic carbocycles. The fraction of sp³-hybridized carbons (Fsp3) is 0.714. The molecule has 0 unspecified atom stereocenters. The Labute approximate surface area is 104 Å². The molecule has 92 valence electrons. The quantitative estimate of drug-likeness (QED) is 0.743. The predicted molar refractivity (Wildman–Crippen MR) is 67.6 cm³/mol. The maximum atomic E-state index is 8.62. The number of nitrogens with zero attached hydrogens (tertiary/aromatic N) is 2. The van der Waals surface area contributed by atoms with Gasteiger partial charge in [-0.2, -0.15) is 10.5 Å². The Balaban J connectivity index is 2.42. The van der Waals surface area contributed by atoms with Crippen molar-refractivity contribution in [2.24, 2.45) is 11.3 Å². The van der Waals surface area contributed by atoms with Gasteiger partial charge in [0.25, 0.3) is 0 Å². The van der Waals surface area contributed by atoms with E-state index in [0.717, 1.165) is 18.8 Å². The van der Waals surface area contributed by atoms with Gasteiger partial charge in [0.05, 0.1) is 0 Å². The fourth-order valence-corrected chi connectivity index (χ4v) is 2.42. The molecule has 0 aromatic rings. The molecule has 0 saturated heterocycles. The molecule has 0 bridgehead atoms. The van der Waals surface area contributed by atoms with Gasteiger partial charge in [-0.05, 0) is 37.0 Å². The first kappa shape index (κ1) is 13.6. The second-order valence-corrected chi connectivity index (χ2v) is 5.86. The van der Waals surface area contributed by atoms with Crippen molar-refractivity contribution in [3.8, 4) is 12.1 Å². The third-order valence-electron chi connectivity index (χ3n) is 3.66. The molecule has 0 aliphatic heterocycles. The van der Waals surface area contributed by atoms with Gasteiger partial charge in [0.2, 0.25) is 0 Å². The summed E-state index contributed by atoms with van der Waals surface area (Å²) in [5, 5.41) is 20.4. The molecular weight excluding hydrogens is 210 g/mol. The van der Waals surface area contributed by atoms with Crippen LogP contribution in [0, 0.1) is 34.0 Å². The van der Waals surface area contributed by atoms with E-state index in [2.05, 4.69) is 26.1 Å². The summed E-state index contributed by atoms with van der Waals surface area (Å²) in [7, 11) is 0. The van der Waals surface area contributed by atoms with Gasteiger partial charge in [0, 0.05) is 12.2 Å². The van der Waals surface area contributed by atoms with E-state index >= 15 is 0 Å². The van der Waals surface area contributed by atoms with Crippen LogP contribution >= 0.6 is 0 Å². The molecule has 0 aromatic heterocycles. The molecule has 1 saturated carbocycles. The van der Waals surface area contributed by atoms with Crippen LogP contribution in [0.1, 0.15) is 46.5 Å². The van der Waals surface area contributed by atoms with E-state index in [4.69, 9.17) is 10.5 Å². The van der Waals surface area contributed by atoms with E-state index in [1.165, 1.54) is 12.8 Å². The zero-order valence-electron chi connectivity index (χ0n) is 11.0. The number of hydrogen-bond acceptors (Lipinski definition) is 3. The minimum atomic E-state index is 0.156. The summed E-state index contributed by atoms with van der Waals surface area (Å²) in [6, 6.07) is 4.15. The summed E-state index contributed by atoms with van der Waals surface area (Å²) in [6.07, 6.45) is 6.26. The van der Waals surface area contributed by atoms with Crippen molar-refractivity contribution in [3.05, 3.63) is 11.8 Å². The molecule has 3 heteroatoms. The zero-order valence-corrected chi connectivity index (χ0v) is 11.0. The highest BCUT2D eigenvalue weighted by Crippen LogP contribution is 2.37. The lowest BCUT2D eigenvalue weighted by Crippen LogP contribution is -2.33. The van der Waals surface area contributed by atoms with Crippen LogP contribution < -0.4 is 5.32 Å². The molecule has 0 spiro atoms. The summed E-state index contributed by atoms with van der Waals surface area (Å²) in [4.78, 5) is 0. The van der Waals surface area contributed by atoms with Gasteiger partial charge in [-0.3, -0.25) is 0 Å². The van der Waals surface area contributed by atoms with Crippen molar-refractivity contribution in [2.45, 2.75) is 52.5 Å². The molecule has 1 aliphatic carbocycles. The summed E-state index contributed by atoms with van der Waals surface area (Å²) >= 11 is 0. The van der Waals surface area contributed by atoms with Gasteiger partial charge in [-0.15, -0.1) is 0 Å². The lowest BCUT2D eigenvalue weighted by atomic mass is 9.71. The number of allylic oxidation sites excluding steroid dienone is 1. The molecular formula is C14H21N3. The number of rotatable bonds is 2. The minimum absolute atomic E-state index is 0.156. The Morgan fingerprint density at radius 1 is 1.12 bits per heavy atom. The Morgan fingerprint density at radius 3 is 2.06 bits per heavy atom. The predicted octanol–water partition coefficient (Wildman–Crippen LogP) is 3.11. The van der Waals surface area contributed by atoms with Gasteiger partial charge >= 0.3 is 0 Å². The Bertz CT molecular complexity index is 338. The zero-order chi connectivity index (χ0) is 12.9. The molecule has 1 rings (SSSR count). The van der Waals surface area contributed by atoms with Crippen molar-refractivity contribution in [1.29, 1.82) is 10.5 Å². The average Bonchev–Trinajstić information content (AvgIpc) is 2.30. The van der Waals surface area contributed by atoms with Crippen molar-refractivity contribution < 1.29 is 0 Å². The normalized spacial score (nSPS) is 24.3. The highest BCUT2D eigenvalue weighted by molar-refractivity contribution is 5.34. The minimum Gasteiger partial charge on any atom is -0.387 e. The van der Waals surface area contributed by atoms with Crippen LogP contribution in [-0.2, 0) is 0 Å². The van der Waals surface area contributed by atoms with Crippen LogP contribution in [0.4, 0.5) is 0 Å². The van der Waals surface area contributed by atoms with Crippen molar-refractivity contribution in [1.82, 2.24) is 5.32 Å². The van der Waals surface area contributed by atoms with Crippen LogP contribution in [0.3, 0.4) is 0 Å². The Hall–Kier alpha value is -1.48. The monoisotopic (exact) mass is 231 g/mol. The summed E-state index contributed by atoms with van der Waals surface area (Å²) in [5.74, 6) is 0.788. The highest BCUT2D eigenvalue weighted by atomic mass is 14.9. The molecule has 0 radical (unpaired) electrons. The maximum absolute atomic E-state index is 8.62. The first-order valence-corrected chi connectivity index (χ1v) is 6.23. The third kappa shape index (κ3) is 4.11. The first-order chi connectivity index (χ1) is 7.97. The second kappa shape index (κ2) is 5.73. The number of nitrogens with one attached hydrogen (secondary N) is 1. The Kier molecular flexibility index (Phi) is 4.58. The van der Waals surface area contributed by atoms with E-state index < -0.39 is 0 Å². The van der Waals surface area contributed by atoms with Crippen molar-refractivity contribution in [3.63, 3.8) is 0 Å². The van der Waals surface area contributed by atoms with E-state index in [1.54, 1.807) is 6.20 Å². The van der Waals surface area contributed by atoms with Crippen LogP contribution in [0.15, 0.2) is 11.8 Å². The van der Waals surface area contributed by atoms with Gasteiger partial charge in [0.1, 0.15) is 17.7 Å². The average molecular weight is 231 g/mol. The topological polar surface area (TPSA) is 59.6 Å². The van der Waals surface area contributed by atoms with Crippen molar-refractivity contribution in [2.75, 3.05) is 0 Å². The summed E-state index contributed by atoms with van der Waals surface area (Å²) < 4.78 is 0. The molecule has 0 amide bonds. The van der Waals surface area contributed by atoms with E-state index in [0.29, 0.717) is 11.5 Å². The maximum Gasteiger partial charge on any atom is 0.145 e. The van der Waals surface area contributed by atoms with Crippen LogP contribution in [0.2, 0.25) is 0 Å². The highest BCUT2D eigenvalue weighted by Gasteiger charge is 2.29. The third-order valence-corrected chi connectivity index (χ3v) is 3.66. The second-order valence-electron chi connectivity index (χ2n) is 5.86. The molecule has 3 nitrogen and oxygen atoms in total. The van der Waals surface area contributed by atoms with Gasteiger partial charge in [-0.25, -0.2) is 0 Å². The van der Waals surface area contributed by atoms with Gasteiger partial charge < -0.3 is 5.32 Å². The summed E-state index contributed by atoms with van der Waals surface area (Å²) in [5.41, 5.74) is 0.550. The molecule has 1 N–H and O–H groups in total. The van der Waals surface area contributed by atoms with Crippen LogP contribution in [0.25, 0.3) is 0 Å². The SMILES string of the molecule is CC(C)(C)C1CCC(NC=C(C#N)C#N)CC1. The Morgan fingerprint density at radius 2 is 1.65 bits per heavy atom. The number of hydrogen-bond donors (Lipinski definition) is 1. The first-order valence-electron chi connectivity index (χ1n) is 6.23. The standard InChI is InChI=1S/C14H21N3/c1-14(2,3)12-4-6-13(7-5-12)17-10-11(8-15)9-16/h10,12-13,17H,4-7H2,1-3H3. The van der Waals surface area contributed by atoms with Crippen molar-refractivity contribution >= 4 is 0 Å². The molecule has 0 heterocycles. The lowest BCUT2D eigenvalue weighted by Gasteiger charge is -2.37. The van der Waals surface area contributed by atoms with Crippen LogP contribution in [0.5, 0.6) is 0 Å². The molecule has 1 aliphatic rings.